The van der Waals surface area contributed by atoms with Crippen LogP contribution in [-0.2, 0) is 4.79 Å². The van der Waals surface area contributed by atoms with Crippen LogP contribution in [0, 0.1) is 17.3 Å². The van der Waals surface area contributed by atoms with Crippen LogP contribution in [0.2, 0.25) is 5.02 Å². The lowest BCUT2D eigenvalue weighted by molar-refractivity contribution is -0.123. The van der Waals surface area contributed by atoms with Crippen LogP contribution >= 0.6 is 11.6 Å². The van der Waals surface area contributed by atoms with Crippen LogP contribution in [0.15, 0.2) is 18.2 Å². The average molecular weight is 266 g/mol. The summed E-state index contributed by atoms with van der Waals surface area (Å²) >= 11 is 5.90. The highest BCUT2D eigenvalue weighted by molar-refractivity contribution is 6.31. The van der Waals surface area contributed by atoms with Crippen molar-refractivity contribution in [1.82, 2.24) is 0 Å². The first-order valence-corrected chi connectivity index (χ1v) is 5.93. The first kappa shape index (κ1) is 14.6. The molecule has 0 aliphatic carbocycles. The number of aliphatic hydroxyl groups is 1. The monoisotopic (exact) mass is 265 g/mol. The van der Waals surface area contributed by atoms with Crippen LogP contribution in [0.5, 0.6) is 0 Å². The molecule has 1 aromatic rings. The number of benzene rings is 1. The molecule has 0 aliphatic heterocycles. The summed E-state index contributed by atoms with van der Waals surface area (Å²) in [6.45, 7) is 5.25. The maximum atomic E-state index is 11.9. The van der Waals surface area contributed by atoms with Gasteiger partial charge in [0.25, 0.3) is 0 Å². The molecule has 0 spiro atoms. The standard InChI is InChI=1S/C14H16ClNO2/c1-14(2,3)13(18)16-12-9-11(15)7-6-10(12)5-4-8-17/h6-7,9,17H,8H2,1-3H3,(H,16,18). The Labute approximate surface area is 112 Å². The maximum Gasteiger partial charge on any atom is 0.229 e. The highest BCUT2D eigenvalue weighted by Gasteiger charge is 2.21. The van der Waals surface area contributed by atoms with E-state index in [1.54, 1.807) is 18.2 Å². The van der Waals surface area contributed by atoms with Gasteiger partial charge in [-0.25, -0.2) is 0 Å². The first-order valence-electron chi connectivity index (χ1n) is 5.55. The molecule has 0 bridgehead atoms. The lowest BCUT2D eigenvalue weighted by Crippen LogP contribution is -2.27. The van der Waals surface area contributed by atoms with E-state index in [1.807, 2.05) is 20.8 Å². The number of carbonyl (C=O) groups excluding carboxylic acids is 1. The summed E-state index contributed by atoms with van der Waals surface area (Å²) in [6, 6.07) is 5.05. The van der Waals surface area contributed by atoms with Crippen molar-refractivity contribution in [1.29, 1.82) is 0 Å². The highest BCUT2D eigenvalue weighted by atomic mass is 35.5. The van der Waals surface area contributed by atoms with Crippen molar-refractivity contribution < 1.29 is 9.90 Å². The number of hydrogen-bond acceptors (Lipinski definition) is 2. The molecule has 4 heteroatoms. The van der Waals surface area contributed by atoms with E-state index in [-0.39, 0.29) is 12.5 Å². The Morgan fingerprint density at radius 1 is 1.44 bits per heavy atom. The van der Waals surface area contributed by atoms with Crippen LogP contribution in [0.1, 0.15) is 26.3 Å². The van der Waals surface area contributed by atoms with Crippen LogP contribution in [0.3, 0.4) is 0 Å². The normalized spacial score (nSPS) is 10.5. The summed E-state index contributed by atoms with van der Waals surface area (Å²) < 4.78 is 0. The average Bonchev–Trinajstić information content (AvgIpc) is 2.26. The van der Waals surface area contributed by atoms with Gasteiger partial charge in [-0.1, -0.05) is 44.2 Å². The molecule has 0 aromatic heterocycles. The summed E-state index contributed by atoms with van der Waals surface area (Å²) in [6.07, 6.45) is 0. The minimum Gasteiger partial charge on any atom is -0.384 e. The van der Waals surface area contributed by atoms with Gasteiger partial charge in [0, 0.05) is 16.0 Å². The summed E-state index contributed by atoms with van der Waals surface area (Å²) in [4.78, 5) is 11.9. The van der Waals surface area contributed by atoms with E-state index in [2.05, 4.69) is 17.2 Å². The van der Waals surface area contributed by atoms with Crippen molar-refractivity contribution in [3.63, 3.8) is 0 Å². The molecule has 0 saturated carbocycles. The fourth-order valence-electron chi connectivity index (χ4n) is 1.17. The number of aliphatic hydroxyl groups excluding tert-OH is 1. The number of amides is 1. The predicted molar refractivity (Wildman–Crippen MR) is 73.5 cm³/mol. The summed E-state index contributed by atoms with van der Waals surface area (Å²) in [5.41, 5.74) is 0.693. The molecule has 1 rings (SSSR count). The van der Waals surface area contributed by atoms with Gasteiger partial charge in [0.05, 0.1) is 5.69 Å². The molecule has 2 N–H and O–H groups in total. The van der Waals surface area contributed by atoms with E-state index in [4.69, 9.17) is 16.7 Å². The van der Waals surface area contributed by atoms with Crippen LogP contribution < -0.4 is 5.32 Å². The quantitative estimate of drug-likeness (QED) is 0.767. The number of anilines is 1. The first-order chi connectivity index (χ1) is 8.34. The minimum absolute atomic E-state index is 0.114. The van der Waals surface area contributed by atoms with Gasteiger partial charge in [0.15, 0.2) is 0 Å². The van der Waals surface area contributed by atoms with Gasteiger partial charge in [0.1, 0.15) is 6.61 Å². The molecule has 0 saturated heterocycles. The Bertz CT molecular complexity index is 507. The molecule has 0 unspecified atom stereocenters. The molecule has 1 aromatic carbocycles. The number of halogens is 1. The topological polar surface area (TPSA) is 49.3 Å². The Kier molecular flexibility index (Phi) is 4.77. The third kappa shape index (κ3) is 4.06. The molecule has 1 amide bonds. The van der Waals surface area contributed by atoms with Crippen molar-refractivity contribution in [2.45, 2.75) is 20.8 Å². The lowest BCUT2D eigenvalue weighted by atomic mass is 9.95. The molecule has 96 valence electrons. The number of hydrogen-bond donors (Lipinski definition) is 2. The van der Waals surface area contributed by atoms with E-state index >= 15 is 0 Å². The Balaban J connectivity index is 3.07. The molecule has 3 nitrogen and oxygen atoms in total. The number of rotatable bonds is 1. The third-order valence-electron chi connectivity index (χ3n) is 2.21. The van der Waals surface area contributed by atoms with Crippen molar-refractivity contribution in [2.75, 3.05) is 11.9 Å². The number of carbonyl (C=O) groups is 1. The Hall–Kier alpha value is -1.50. The fraction of sp³-hybridized carbons (Fsp3) is 0.357. The molecule has 0 atom stereocenters. The molecule has 0 aliphatic rings. The van der Waals surface area contributed by atoms with E-state index in [0.29, 0.717) is 16.3 Å². The zero-order chi connectivity index (χ0) is 13.8. The largest absolute Gasteiger partial charge is 0.384 e. The lowest BCUT2D eigenvalue weighted by Gasteiger charge is -2.18. The second-order valence-electron chi connectivity index (χ2n) is 4.85. The van der Waals surface area contributed by atoms with E-state index in [1.165, 1.54) is 0 Å². The summed E-state index contributed by atoms with van der Waals surface area (Å²) in [5, 5.41) is 12.0. The van der Waals surface area contributed by atoms with Gasteiger partial charge in [-0.3, -0.25) is 4.79 Å². The van der Waals surface area contributed by atoms with Crippen molar-refractivity contribution in [3.05, 3.63) is 28.8 Å². The zero-order valence-electron chi connectivity index (χ0n) is 10.7. The van der Waals surface area contributed by atoms with Gasteiger partial charge in [-0.15, -0.1) is 0 Å². The predicted octanol–water partition coefficient (Wildman–Crippen LogP) is 2.67. The molecule has 18 heavy (non-hydrogen) atoms. The van der Waals surface area contributed by atoms with Gasteiger partial charge in [0.2, 0.25) is 5.91 Å². The second kappa shape index (κ2) is 5.90. The maximum absolute atomic E-state index is 11.9. The number of nitrogens with one attached hydrogen (secondary N) is 1. The summed E-state index contributed by atoms with van der Waals surface area (Å²) in [5.74, 6) is 5.21. The van der Waals surface area contributed by atoms with E-state index < -0.39 is 5.41 Å². The van der Waals surface area contributed by atoms with Crippen LogP contribution in [0.25, 0.3) is 0 Å². The third-order valence-corrected chi connectivity index (χ3v) is 2.45. The van der Waals surface area contributed by atoms with Crippen LogP contribution in [-0.4, -0.2) is 17.6 Å². The zero-order valence-corrected chi connectivity index (χ0v) is 11.4. The smallest absolute Gasteiger partial charge is 0.229 e. The van der Waals surface area contributed by atoms with E-state index in [9.17, 15) is 4.79 Å². The van der Waals surface area contributed by atoms with Crippen molar-refractivity contribution in [2.24, 2.45) is 5.41 Å². The van der Waals surface area contributed by atoms with Gasteiger partial charge >= 0.3 is 0 Å². The van der Waals surface area contributed by atoms with Gasteiger partial charge in [-0.05, 0) is 18.2 Å². The van der Waals surface area contributed by atoms with Crippen molar-refractivity contribution in [3.8, 4) is 11.8 Å². The molecule has 0 fully saturated rings. The fourth-order valence-corrected chi connectivity index (χ4v) is 1.35. The molecular formula is C14H16ClNO2. The second-order valence-corrected chi connectivity index (χ2v) is 5.29. The SMILES string of the molecule is CC(C)(C)C(=O)Nc1cc(Cl)ccc1C#CCO. The summed E-state index contributed by atoms with van der Waals surface area (Å²) in [7, 11) is 0. The molecule has 0 heterocycles. The Morgan fingerprint density at radius 3 is 2.67 bits per heavy atom. The molecular weight excluding hydrogens is 250 g/mol. The van der Waals surface area contributed by atoms with Crippen molar-refractivity contribution >= 4 is 23.2 Å². The van der Waals surface area contributed by atoms with Crippen LogP contribution in [0.4, 0.5) is 5.69 Å². The minimum atomic E-state index is -0.496. The Morgan fingerprint density at radius 2 is 2.11 bits per heavy atom. The van der Waals surface area contributed by atoms with Gasteiger partial charge in [-0.2, -0.15) is 0 Å². The molecule has 0 radical (unpaired) electrons. The van der Waals surface area contributed by atoms with Gasteiger partial charge < -0.3 is 10.4 Å². The highest BCUT2D eigenvalue weighted by Crippen LogP contribution is 2.23. The van der Waals surface area contributed by atoms with E-state index in [0.717, 1.165) is 0 Å².